The molecule has 0 unspecified atom stereocenters. The van der Waals surface area contributed by atoms with Crippen LogP contribution in [0.1, 0.15) is 10.4 Å². The number of ether oxygens (including phenoxy) is 1. The Hall–Kier alpha value is -0.700. The van der Waals surface area contributed by atoms with E-state index in [2.05, 4.69) is 41.3 Å². The number of rotatable bonds is 4. The van der Waals surface area contributed by atoms with Gasteiger partial charge in [-0.2, -0.15) is 0 Å². The summed E-state index contributed by atoms with van der Waals surface area (Å²) in [5.74, 6) is -0.680. The lowest BCUT2D eigenvalue weighted by Crippen LogP contribution is -2.01. The molecule has 0 bridgehead atoms. The van der Waals surface area contributed by atoms with Crippen molar-refractivity contribution in [3.8, 4) is 5.75 Å². The average molecular weight is 439 g/mol. The van der Waals surface area contributed by atoms with E-state index in [-0.39, 0.29) is 11.3 Å². The van der Waals surface area contributed by atoms with Crippen LogP contribution < -0.4 is 4.72 Å². The Morgan fingerprint density at radius 1 is 1.45 bits per heavy atom. The first-order chi connectivity index (χ1) is 9.52. The second-order valence-electron chi connectivity index (χ2n) is 3.61. The van der Waals surface area contributed by atoms with Gasteiger partial charge in [0.25, 0.3) is 0 Å². The molecule has 2 rings (SSSR count). The lowest BCUT2D eigenvalue weighted by molar-refractivity contribution is 0.0597. The molecular formula is C12H9Br2NO3S2. The van der Waals surface area contributed by atoms with Gasteiger partial charge in [-0.25, -0.2) is 4.79 Å². The van der Waals surface area contributed by atoms with Crippen LogP contribution in [0.3, 0.4) is 0 Å². The van der Waals surface area contributed by atoms with E-state index in [1.807, 2.05) is 5.38 Å². The van der Waals surface area contributed by atoms with Crippen LogP contribution in [0.5, 0.6) is 5.75 Å². The Bertz CT molecular complexity index is 646. The Balaban J connectivity index is 2.09. The molecule has 0 spiro atoms. The zero-order valence-corrected chi connectivity index (χ0v) is 15.0. The number of methoxy groups -OCH3 is 1. The fourth-order valence-electron chi connectivity index (χ4n) is 1.36. The summed E-state index contributed by atoms with van der Waals surface area (Å²) in [4.78, 5) is 11.4. The topological polar surface area (TPSA) is 58.6 Å². The van der Waals surface area contributed by atoms with E-state index in [0.717, 1.165) is 13.2 Å². The third-order valence-corrected chi connectivity index (χ3v) is 7.17. The molecule has 0 aliphatic rings. The minimum atomic E-state index is -0.563. The normalized spacial score (nSPS) is 10.3. The molecule has 0 aliphatic carbocycles. The second-order valence-corrected chi connectivity index (χ2v) is 7.21. The third-order valence-electron chi connectivity index (χ3n) is 2.32. The largest absolute Gasteiger partial charge is 0.507 e. The van der Waals surface area contributed by atoms with Gasteiger partial charge in [0.15, 0.2) is 0 Å². The molecule has 8 heteroatoms. The average Bonchev–Trinajstić information content (AvgIpc) is 2.76. The number of hydrogen-bond acceptors (Lipinski definition) is 6. The zero-order chi connectivity index (χ0) is 14.7. The van der Waals surface area contributed by atoms with Gasteiger partial charge in [-0.3, -0.25) is 0 Å². The van der Waals surface area contributed by atoms with Gasteiger partial charge in [0.1, 0.15) is 11.3 Å². The number of anilines is 1. The van der Waals surface area contributed by atoms with Crippen molar-refractivity contribution in [2.45, 2.75) is 4.21 Å². The van der Waals surface area contributed by atoms with Crippen LogP contribution in [-0.2, 0) is 4.74 Å². The molecule has 0 amide bonds. The molecule has 1 heterocycles. The van der Waals surface area contributed by atoms with Crippen molar-refractivity contribution in [3.05, 3.63) is 38.1 Å². The van der Waals surface area contributed by atoms with E-state index in [9.17, 15) is 9.90 Å². The van der Waals surface area contributed by atoms with Gasteiger partial charge in [0.2, 0.25) is 0 Å². The smallest absolute Gasteiger partial charge is 0.341 e. The predicted octanol–water partition coefficient (Wildman–Crippen LogP) is 4.88. The van der Waals surface area contributed by atoms with Crippen molar-refractivity contribution < 1.29 is 14.6 Å². The molecule has 0 saturated carbocycles. The van der Waals surface area contributed by atoms with Gasteiger partial charge >= 0.3 is 5.97 Å². The number of esters is 1. The van der Waals surface area contributed by atoms with Gasteiger partial charge < -0.3 is 14.6 Å². The summed E-state index contributed by atoms with van der Waals surface area (Å²) in [5, 5.41) is 11.8. The number of phenolic OH excluding ortho intramolecular Hbond substituents is 1. The highest BCUT2D eigenvalue weighted by Gasteiger charge is 2.12. The number of thiophene rings is 1. The van der Waals surface area contributed by atoms with Crippen molar-refractivity contribution in [1.29, 1.82) is 0 Å². The molecule has 1 aromatic heterocycles. The van der Waals surface area contributed by atoms with Crippen molar-refractivity contribution in [2.75, 3.05) is 11.8 Å². The molecule has 1 aromatic carbocycles. The molecule has 2 aromatic rings. The monoisotopic (exact) mass is 437 g/mol. The molecule has 2 N–H and O–H groups in total. The first-order valence-corrected chi connectivity index (χ1v) is 8.57. The highest BCUT2D eigenvalue weighted by Crippen LogP contribution is 2.39. The zero-order valence-electron chi connectivity index (χ0n) is 10.1. The summed E-state index contributed by atoms with van der Waals surface area (Å²) < 4.78 is 10.7. The van der Waals surface area contributed by atoms with E-state index in [1.54, 1.807) is 17.4 Å². The minimum absolute atomic E-state index is 0.117. The number of carbonyl (C=O) groups excluding carboxylic acids is 1. The first-order valence-electron chi connectivity index (χ1n) is 5.29. The standard InChI is InChI=1S/C12H9Br2NO3S2/c1-18-11(17)7-3-2-6(4-9(7)16)15-20-12-10(14)8(13)5-19-12/h2-5,15-16H,1H3. The number of aromatic hydroxyl groups is 1. The van der Waals surface area contributed by atoms with Crippen molar-refractivity contribution in [3.63, 3.8) is 0 Å². The van der Waals surface area contributed by atoms with Crippen molar-refractivity contribution in [2.24, 2.45) is 0 Å². The molecule has 20 heavy (non-hydrogen) atoms. The molecule has 0 saturated heterocycles. The summed E-state index contributed by atoms with van der Waals surface area (Å²) in [6.07, 6.45) is 0. The number of benzene rings is 1. The molecule has 0 atom stereocenters. The number of carbonyl (C=O) groups is 1. The molecule has 0 aliphatic heterocycles. The maximum absolute atomic E-state index is 11.4. The maximum atomic E-state index is 11.4. The Kier molecular flexibility index (Phi) is 5.36. The highest BCUT2D eigenvalue weighted by molar-refractivity contribution is 9.13. The lowest BCUT2D eigenvalue weighted by Gasteiger charge is -2.07. The van der Waals surface area contributed by atoms with Crippen LogP contribution in [0.15, 0.2) is 36.7 Å². The molecule has 0 fully saturated rings. The van der Waals surface area contributed by atoms with E-state index in [0.29, 0.717) is 5.69 Å². The van der Waals surface area contributed by atoms with Gasteiger partial charge in [-0.1, -0.05) is 0 Å². The third kappa shape index (κ3) is 3.49. The Morgan fingerprint density at radius 3 is 2.75 bits per heavy atom. The fourth-order valence-corrected chi connectivity index (χ4v) is 4.43. The van der Waals surface area contributed by atoms with E-state index in [4.69, 9.17) is 0 Å². The second kappa shape index (κ2) is 6.84. The maximum Gasteiger partial charge on any atom is 0.341 e. The van der Waals surface area contributed by atoms with Crippen LogP contribution in [-0.4, -0.2) is 18.2 Å². The number of hydrogen-bond donors (Lipinski definition) is 2. The highest BCUT2D eigenvalue weighted by atomic mass is 79.9. The van der Waals surface area contributed by atoms with E-state index >= 15 is 0 Å². The molecule has 106 valence electrons. The Labute approximate surface area is 140 Å². The predicted molar refractivity (Wildman–Crippen MR) is 88.6 cm³/mol. The quantitative estimate of drug-likeness (QED) is 0.525. The summed E-state index contributed by atoms with van der Waals surface area (Å²) in [7, 11) is 1.27. The van der Waals surface area contributed by atoms with Gasteiger partial charge in [0, 0.05) is 21.6 Å². The van der Waals surface area contributed by atoms with Crippen molar-refractivity contribution >= 4 is 66.8 Å². The van der Waals surface area contributed by atoms with Crippen LogP contribution in [0.2, 0.25) is 0 Å². The lowest BCUT2D eigenvalue weighted by atomic mass is 10.2. The Morgan fingerprint density at radius 2 is 2.20 bits per heavy atom. The summed E-state index contributed by atoms with van der Waals surface area (Å²) in [6.45, 7) is 0. The summed E-state index contributed by atoms with van der Waals surface area (Å²) >= 11 is 9.88. The van der Waals surface area contributed by atoms with Crippen LogP contribution >= 0.6 is 55.1 Å². The van der Waals surface area contributed by atoms with Gasteiger partial charge in [-0.05, 0) is 55.9 Å². The summed E-state index contributed by atoms with van der Waals surface area (Å²) in [6, 6.07) is 4.70. The van der Waals surface area contributed by atoms with Crippen molar-refractivity contribution in [1.82, 2.24) is 0 Å². The molecular weight excluding hydrogens is 430 g/mol. The number of nitrogens with one attached hydrogen (secondary N) is 1. The minimum Gasteiger partial charge on any atom is -0.507 e. The first kappa shape index (κ1) is 15.7. The van der Waals surface area contributed by atoms with Gasteiger partial charge in [0.05, 0.1) is 15.8 Å². The number of halogens is 2. The fraction of sp³-hybridized carbons (Fsp3) is 0.0833. The van der Waals surface area contributed by atoms with Crippen LogP contribution in [0.4, 0.5) is 5.69 Å². The van der Waals surface area contributed by atoms with Crippen LogP contribution in [0.25, 0.3) is 0 Å². The van der Waals surface area contributed by atoms with Gasteiger partial charge in [-0.15, -0.1) is 11.3 Å². The van der Waals surface area contributed by atoms with E-state index < -0.39 is 5.97 Å². The SMILES string of the molecule is COC(=O)c1ccc(NSc2scc(Br)c2Br)cc1O. The summed E-state index contributed by atoms with van der Waals surface area (Å²) in [5.41, 5.74) is 0.833. The number of phenols is 1. The van der Waals surface area contributed by atoms with Crippen LogP contribution in [0, 0.1) is 0 Å². The molecule has 0 radical (unpaired) electrons. The molecule has 4 nitrogen and oxygen atoms in total. The van der Waals surface area contributed by atoms with E-state index in [1.165, 1.54) is 31.2 Å².